The first kappa shape index (κ1) is 16.6. The zero-order chi connectivity index (χ0) is 14.0. The van der Waals surface area contributed by atoms with Crippen molar-refractivity contribution in [3.8, 4) is 0 Å². The minimum atomic E-state index is -1.58. The number of likely N-dealkylation sites (N-methyl/N-ethyl adjacent to an activating group) is 1. The quantitative estimate of drug-likeness (QED) is 0.395. The Hall–Kier alpha value is -1.38. The Morgan fingerprint density at radius 2 is 2.00 bits per heavy atom. The number of urea groups is 1. The van der Waals surface area contributed by atoms with E-state index in [4.69, 9.17) is 14.9 Å². The molecule has 0 bridgehead atoms. The standard InChI is InChI=1S/C10H21N3O5/c1-13(5-6-18-2)4-3-11-10(17)12-7-8(14)9(15)16/h8,14H,3-7H2,1-2H3,(H,15,16)(H2,11,12,17). The fraction of sp³-hybridized carbons (Fsp3) is 0.800. The summed E-state index contributed by atoms with van der Waals surface area (Å²) in [6.07, 6.45) is -1.58. The number of hydrogen-bond acceptors (Lipinski definition) is 5. The van der Waals surface area contributed by atoms with Crippen molar-refractivity contribution < 1.29 is 24.5 Å². The Morgan fingerprint density at radius 1 is 1.33 bits per heavy atom. The van der Waals surface area contributed by atoms with Crippen molar-refractivity contribution in [2.45, 2.75) is 6.10 Å². The van der Waals surface area contributed by atoms with Crippen LogP contribution in [0.25, 0.3) is 0 Å². The molecule has 0 saturated heterocycles. The number of amides is 2. The molecule has 0 aliphatic heterocycles. The number of carbonyl (C=O) groups is 2. The molecule has 2 amide bonds. The van der Waals surface area contributed by atoms with Crippen LogP contribution in [0.2, 0.25) is 0 Å². The van der Waals surface area contributed by atoms with E-state index in [-0.39, 0.29) is 6.54 Å². The Morgan fingerprint density at radius 3 is 2.56 bits per heavy atom. The van der Waals surface area contributed by atoms with Gasteiger partial charge in [-0.25, -0.2) is 9.59 Å². The average Bonchev–Trinajstić information content (AvgIpc) is 2.33. The molecule has 0 radical (unpaired) electrons. The highest BCUT2D eigenvalue weighted by Crippen LogP contribution is 1.82. The maximum Gasteiger partial charge on any atom is 0.334 e. The second-order valence-corrected chi connectivity index (χ2v) is 3.79. The average molecular weight is 263 g/mol. The van der Waals surface area contributed by atoms with E-state index in [2.05, 4.69) is 10.6 Å². The molecule has 0 aromatic rings. The Balaban J connectivity index is 3.56. The van der Waals surface area contributed by atoms with Gasteiger partial charge < -0.3 is 30.5 Å². The van der Waals surface area contributed by atoms with Crippen LogP contribution in [-0.2, 0) is 9.53 Å². The van der Waals surface area contributed by atoms with Crippen LogP contribution < -0.4 is 10.6 Å². The first-order valence-corrected chi connectivity index (χ1v) is 5.57. The summed E-state index contributed by atoms with van der Waals surface area (Å²) in [4.78, 5) is 23.5. The maximum absolute atomic E-state index is 11.2. The smallest absolute Gasteiger partial charge is 0.334 e. The second kappa shape index (κ2) is 9.63. The number of nitrogens with zero attached hydrogens (tertiary/aromatic N) is 1. The molecule has 0 aromatic heterocycles. The molecular weight excluding hydrogens is 242 g/mol. The fourth-order valence-electron chi connectivity index (χ4n) is 1.06. The predicted octanol–water partition coefficient (Wildman–Crippen LogP) is -1.69. The van der Waals surface area contributed by atoms with Crippen LogP contribution in [0.4, 0.5) is 4.79 Å². The third-order valence-corrected chi connectivity index (χ3v) is 2.20. The van der Waals surface area contributed by atoms with Crippen LogP contribution >= 0.6 is 0 Å². The SMILES string of the molecule is COCCN(C)CCNC(=O)NCC(O)C(=O)O. The zero-order valence-corrected chi connectivity index (χ0v) is 10.7. The monoisotopic (exact) mass is 263 g/mol. The van der Waals surface area contributed by atoms with Gasteiger partial charge in [-0.2, -0.15) is 0 Å². The van der Waals surface area contributed by atoms with Crippen LogP contribution in [0.15, 0.2) is 0 Å². The van der Waals surface area contributed by atoms with E-state index in [1.165, 1.54) is 0 Å². The van der Waals surface area contributed by atoms with Gasteiger partial charge in [0, 0.05) is 26.7 Å². The highest BCUT2D eigenvalue weighted by molar-refractivity contribution is 5.76. The first-order chi connectivity index (χ1) is 8.47. The van der Waals surface area contributed by atoms with Crippen molar-refractivity contribution in [3.63, 3.8) is 0 Å². The minimum Gasteiger partial charge on any atom is -0.479 e. The number of carboxylic acid groups (broad SMARTS) is 1. The normalized spacial score (nSPS) is 12.2. The van der Waals surface area contributed by atoms with Crippen molar-refractivity contribution in [3.05, 3.63) is 0 Å². The van der Waals surface area contributed by atoms with Crippen molar-refractivity contribution >= 4 is 12.0 Å². The van der Waals surface area contributed by atoms with E-state index < -0.39 is 18.1 Å². The maximum atomic E-state index is 11.2. The lowest BCUT2D eigenvalue weighted by Crippen LogP contribution is -2.44. The molecule has 8 heteroatoms. The molecule has 0 aliphatic rings. The molecule has 0 spiro atoms. The molecule has 0 rings (SSSR count). The lowest BCUT2D eigenvalue weighted by molar-refractivity contribution is -0.146. The number of rotatable bonds is 9. The number of aliphatic hydroxyl groups is 1. The topological polar surface area (TPSA) is 111 Å². The molecule has 1 unspecified atom stereocenters. The summed E-state index contributed by atoms with van der Waals surface area (Å²) < 4.78 is 4.90. The van der Waals surface area contributed by atoms with Gasteiger partial charge in [-0.05, 0) is 7.05 Å². The number of nitrogens with one attached hydrogen (secondary N) is 2. The van der Waals surface area contributed by atoms with Gasteiger partial charge in [0.25, 0.3) is 0 Å². The van der Waals surface area contributed by atoms with E-state index in [1.54, 1.807) is 7.11 Å². The number of carbonyl (C=O) groups excluding carboxylic acids is 1. The summed E-state index contributed by atoms with van der Waals surface area (Å²) >= 11 is 0. The number of carboxylic acids is 1. The largest absolute Gasteiger partial charge is 0.479 e. The first-order valence-electron chi connectivity index (χ1n) is 5.57. The molecule has 4 N–H and O–H groups in total. The predicted molar refractivity (Wildman–Crippen MR) is 64.4 cm³/mol. The summed E-state index contributed by atoms with van der Waals surface area (Å²) in [6.45, 7) is 2.14. The van der Waals surface area contributed by atoms with Crippen molar-refractivity contribution in [1.82, 2.24) is 15.5 Å². The summed E-state index contributed by atoms with van der Waals surface area (Å²) in [5.74, 6) is -1.37. The van der Waals surface area contributed by atoms with E-state index in [0.717, 1.165) is 6.54 Å². The van der Waals surface area contributed by atoms with Gasteiger partial charge in [0.2, 0.25) is 0 Å². The highest BCUT2D eigenvalue weighted by atomic mass is 16.5. The number of aliphatic carboxylic acids is 1. The van der Waals surface area contributed by atoms with Crippen LogP contribution in [0.5, 0.6) is 0 Å². The van der Waals surface area contributed by atoms with Gasteiger partial charge in [-0.3, -0.25) is 0 Å². The van der Waals surface area contributed by atoms with E-state index in [9.17, 15) is 9.59 Å². The molecule has 8 nitrogen and oxygen atoms in total. The third kappa shape index (κ3) is 8.74. The summed E-state index contributed by atoms with van der Waals surface area (Å²) in [5.41, 5.74) is 0. The Kier molecular flexibility index (Phi) is 8.89. The number of aliphatic hydroxyl groups excluding tert-OH is 1. The van der Waals surface area contributed by atoms with Crippen LogP contribution in [0, 0.1) is 0 Å². The van der Waals surface area contributed by atoms with Crippen LogP contribution in [-0.4, -0.2) is 80.2 Å². The highest BCUT2D eigenvalue weighted by Gasteiger charge is 2.13. The molecule has 0 aromatic carbocycles. The second-order valence-electron chi connectivity index (χ2n) is 3.79. The van der Waals surface area contributed by atoms with Gasteiger partial charge in [-0.15, -0.1) is 0 Å². The Bertz CT molecular complexity index is 262. The van der Waals surface area contributed by atoms with Gasteiger partial charge >= 0.3 is 12.0 Å². The molecule has 1 atom stereocenters. The van der Waals surface area contributed by atoms with E-state index in [1.807, 2.05) is 11.9 Å². The summed E-state index contributed by atoms with van der Waals surface area (Å²) in [7, 11) is 3.51. The van der Waals surface area contributed by atoms with Crippen LogP contribution in [0.3, 0.4) is 0 Å². The lowest BCUT2D eigenvalue weighted by atomic mass is 10.4. The summed E-state index contributed by atoms with van der Waals surface area (Å²) in [5, 5.41) is 22.1. The molecule has 106 valence electrons. The molecule has 0 fully saturated rings. The third-order valence-electron chi connectivity index (χ3n) is 2.20. The van der Waals surface area contributed by atoms with Gasteiger partial charge in [0.1, 0.15) is 0 Å². The van der Waals surface area contributed by atoms with Crippen molar-refractivity contribution in [2.75, 3.05) is 46.9 Å². The summed E-state index contributed by atoms with van der Waals surface area (Å²) in [6, 6.07) is -0.504. The molecular formula is C10H21N3O5. The van der Waals surface area contributed by atoms with Crippen LogP contribution in [0.1, 0.15) is 0 Å². The van der Waals surface area contributed by atoms with Gasteiger partial charge in [0.15, 0.2) is 6.10 Å². The molecule has 18 heavy (non-hydrogen) atoms. The zero-order valence-electron chi connectivity index (χ0n) is 10.7. The number of methoxy groups -OCH3 is 1. The van der Waals surface area contributed by atoms with Gasteiger partial charge in [-0.1, -0.05) is 0 Å². The van der Waals surface area contributed by atoms with Crippen molar-refractivity contribution in [2.24, 2.45) is 0 Å². The molecule has 0 aliphatic carbocycles. The lowest BCUT2D eigenvalue weighted by Gasteiger charge is -2.16. The molecule has 0 saturated carbocycles. The minimum absolute atomic E-state index is 0.319. The van der Waals surface area contributed by atoms with E-state index in [0.29, 0.717) is 19.7 Å². The van der Waals surface area contributed by atoms with E-state index >= 15 is 0 Å². The number of hydrogen-bond donors (Lipinski definition) is 4. The number of ether oxygens (including phenoxy) is 1. The fourth-order valence-corrected chi connectivity index (χ4v) is 1.06. The Labute approximate surface area is 106 Å². The molecule has 0 heterocycles. The van der Waals surface area contributed by atoms with Gasteiger partial charge in [0.05, 0.1) is 13.2 Å². The van der Waals surface area contributed by atoms with Crippen molar-refractivity contribution in [1.29, 1.82) is 0 Å².